The summed E-state index contributed by atoms with van der Waals surface area (Å²) in [5.41, 5.74) is 2.20. The highest BCUT2D eigenvalue weighted by molar-refractivity contribution is 6.02. The Hall–Kier alpha value is -1.15. The van der Waals surface area contributed by atoms with E-state index in [0.717, 1.165) is 24.4 Å². The summed E-state index contributed by atoms with van der Waals surface area (Å²) in [6, 6.07) is 8.49. The Labute approximate surface area is 109 Å². The SMILES string of the molecule is CCC1CCNC(C2Cc3ccccc3C2=O)C1. The minimum atomic E-state index is 0.178. The molecule has 1 aliphatic carbocycles. The van der Waals surface area contributed by atoms with E-state index in [9.17, 15) is 4.79 Å². The summed E-state index contributed by atoms with van der Waals surface area (Å²) in [6.07, 6.45) is 4.61. The normalized spacial score (nSPS) is 31.4. The van der Waals surface area contributed by atoms with E-state index in [0.29, 0.717) is 11.8 Å². The number of benzene rings is 1. The summed E-state index contributed by atoms with van der Waals surface area (Å²) < 4.78 is 0. The average molecular weight is 243 g/mol. The van der Waals surface area contributed by atoms with Crippen LogP contribution in [0.1, 0.15) is 42.1 Å². The van der Waals surface area contributed by atoms with Gasteiger partial charge in [-0.25, -0.2) is 0 Å². The molecule has 1 heterocycles. The third-order valence-electron chi connectivity index (χ3n) is 4.67. The molecular weight excluding hydrogens is 222 g/mol. The van der Waals surface area contributed by atoms with Gasteiger partial charge in [0.25, 0.3) is 0 Å². The molecule has 0 amide bonds. The maximum atomic E-state index is 12.5. The summed E-state index contributed by atoms with van der Waals surface area (Å²) >= 11 is 0. The number of Topliss-reactive ketones (excluding diaryl/α,β-unsaturated/α-hetero) is 1. The van der Waals surface area contributed by atoms with Crippen molar-refractivity contribution in [2.75, 3.05) is 6.54 Å². The van der Waals surface area contributed by atoms with Crippen LogP contribution in [0.2, 0.25) is 0 Å². The molecule has 2 aliphatic rings. The molecule has 2 heteroatoms. The van der Waals surface area contributed by atoms with Crippen molar-refractivity contribution in [3.05, 3.63) is 35.4 Å². The summed E-state index contributed by atoms with van der Waals surface area (Å²) in [7, 11) is 0. The molecule has 2 nitrogen and oxygen atoms in total. The first-order chi connectivity index (χ1) is 8.79. The summed E-state index contributed by atoms with van der Waals surface area (Å²) in [5, 5.41) is 3.57. The average Bonchev–Trinajstić information content (AvgIpc) is 2.77. The number of hydrogen-bond donors (Lipinski definition) is 1. The van der Waals surface area contributed by atoms with Crippen molar-refractivity contribution in [1.29, 1.82) is 0 Å². The molecule has 0 aromatic heterocycles. The molecule has 0 saturated carbocycles. The molecule has 18 heavy (non-hydrogen) atoms. The zero-order chi connectivity index (χ0) is 12.5. The van der Waals surface area contributed by atoms with Gasteiger partial charge in [0.1, 0.15) is 0 Å². The summed E-state index contributed by atoms with van der Waals surface area (Å²) in [5.74, 6) is 1.34. The van der Waals surface area contributed by atoms with E-state index >= 15 is 0 Å². The van der Waals surface area contributed by atoms with Crippen molar-refractivity contribution >= 4 is 5.78 Å². The van der Waals surface area contributed by atoms with Crippen LogP contribution < -0.4 is 5.32 Å². The number of fused-ring (bicyclic) bond motifs is 1. The Bertz CT molecular complexity index is 454. The Kier molecular flexibility index (Phi) is 3.21. The van der Waals surface area contributed by atoms with Crippen LogP contribution in [0.25, 0.3) is 0 Å². The fraction of sp³-hybridized carbons (Fsp3) is 0.562. The molecule has 1 aliphatic heterocycles. The summed E-state index contributed by atoms with van der Waals surface area (Å²) in [6.45, 7) is 3.33. The number of carbonyl (C=O) groups excluding carboxylic acids is 1. The number of ketones is 1. The van der Waals surface area contributed by atoms with Crippen LogP contribution in [0.5, 0.6) is 0 Å². The molecule has 3 rings (SSSR count). The first-order valence-electron chi connectivity index (χ1n) is 7.15. The quantitative estimate of drug-likeness (QED) is 0.865. The molecule has 1 aromatic carbocycles. The van der Waals surface area contributed by atoms with E-state index in [4.69, 9.17) is 0 Å². The highest BCUT2D eigenvalue weighted by Crippen LogP contribution is 2.33. The molecule has 3 atom stereocenters. The van der Waals surface area contributed by atoms with E-state index in [2.05, 4.69) is 18.3 Å². The minimum Gasteiger partial charge on any atom is -0.313 e. The van der Waals surface area contributed by atoms with E-state index in [-0.39, 0.29) is 5.92 Å². The maximum absolute atomic E-state index is 12.5. The topological polar surface area (TPSA) is 29.1 Å². The van der Waals surface area contributed by atoms with Crippen molar-refractivity contribution in [3.8, 4) is 0 Å². The monoisotopic (exact) mass is 243 g/mol. The van der Waals surface area contributed by atoms with Gasteiger partial charge in [0.15, 0.2) is 5.78 Å². The van der Waals surface area contributed by atoms with Gasteiger partial charge in [-0.1, -0.05) is 37.6 Å². The predicted octanol–water partition coefficient (Wildman–Crippen LogP) is 2.82. The second-order valence-corrected chi connectivity index (χ2v) is 5.69. The van der Waals surface area contributed by atoms with Gasteiger partial charge in [-0.05, 0) is 37.3 Å². The van der Waals surface area contributed by atoms with E-state index in [1.807, 2.05) is 18.2 Å². The number of nitrogens with one attached hydrogen (secondary N) is 1. The maximum Gasteiger partial charge on any atom is 0.168 e. The van der Waals surface area contributed by atoms with Gasteiger partial charge in [-0.2, -0.15) is 0 Å². The van der Waals surface area contributed by atoms with Gasteiger partial charge < -0.3 is 5.32 Å². The zero-order valence-corrected chi connectivity index (χ0v) is 11.0. The third-order valence-corrected chi connectivity index (χ3v) is 4.67. The number of rotatable bonds is 2. The summed E-state index contributed by atoms with van der Waals surface area (Å²) in [4.78, 5) is 12.5. The predicted molar refractivity (Wildman–Crippen MR) is 72.8 cm³/mol. The Morgan fingerprint density at radius 1 is 1.33 bits per heavy atom. The Morgan fingerprint density at radius 3 is 2.94 bits per heavy atom. The van der Waals surface area contributed by atoms with E-state index in [1.54, 1.807) is 0 Å². The fourth-order valence-corrected chi connectivity index (χ4v) is 3.50. The van der Waals surface area contributed by atoms with Crippen LogP contribution >= 0.6 is 0 Å². The lowest BCUT2D eigenvalue weighted by atomic mass is 9.82. The van der Waals surface area contributed by atoms with Crippen molar-refractivity contribution < 1.29 is 4.79 Å². The zero-order valence-electron chi connectivity index (χ0n) is 11.0. The highest BCUT2D eigenvalue weighted by atomic mass is 16.1. The molecule has 0 bridgehead atoms. The molecule has 1 aromatic rings. The van der Waals surface area contributed by atoms with E-state index in [1.165, 1.54) is 24.8 Å². The largest absolute Gasteiger partial charge is 0.313 e. The molecule has 1 N–H and O–H groups in total. The smallest absolute Gasteiger partial charge is 0.168 e. The molecule has 0 spiro atoms. The van der Waals surface area contributed by atoms with Crippen molar-refractivity contribution in [1.82, 2.24) is 5.32 Å². The van der Waals surface area contributed by atoms with Gasteiger partial charge in [-0.15, -0.1) is 0 Å². The number of piperidine rings is 1. The lowest BCUT2D eigenvalue weighted by molar-refractivity contribution is 0.0884. The lowest BCUT2D eigenvalue weighted by Crippen LogP contribution is -2.45. The van der Waals surface area contributed by atoms with Crippen LogP contribution in [0.4, 0.5) is 0 Å². The lowest BCUT2D eigenvalue weighted by Gasteiger charge is -2.33. The molecule has 1 fully saturated rings. The molecule has 0 radical (unpaired) electrons. The van der Waals surface area contributed by atoms with Gasteiger partial charge in [0.05, 0.1) is 0 Å². The van der Waals surface area contributed by atoms with Crippen LogP contribution in [-0.2, 0) is 6.42 Å². The fourth-order valence-electron chi connectivity index (χ4n) is 3.50. The second-order valence-electron chi connectivity index (χ2n) is 5.69. The standard InChI is InChI=1S/C16H21NO/c1-2-11-7-8-17-15(9-11)14-10-12-5-3-4-6-13(12)16(14)18/h3-6,11,14-15,17H,2,7-10H2,1H3. The van der Waals surface area contributed by atoms with Crippen LogP contribution in [-0.4, -0.2) is 18.4 Å². The molecular formula is C16H21NO. The number of hydrogen-bond acceptors (Lipinski definition) is 2. The van der Waals surface area contributed by atoms with Crippen LogP contribution in [0.15, 0.2) is 24.3 Å². The highest BCUT2D eigenvalue weighted by Gasteiger charge is 2.37. The molecule has 1 saturated heterocycles. The third kappa shape index (κ3) is 1.99. The molecule has 96 valence electrons. The Morgan fingerprint density at radius 2 is 2.17 bits per heavy atom. The first-order valence-corrected chi connectivity index (χ1v) is 7.15. The first kappa shape index (κ1) is 11.9. The number of carbonyl (C=O) groups is 1. The van der Waals surface area contributed by atoms with Gasteiger partial charge in [0.2, 0.25) is 0 Å². The van der Waals surface area contributed by atoms with Crippen molar-refractivity contribution in [2.45, 2.75) is 38.6 Å². The van der Waals surface area contributed by atoms with Crippen LogP contribution in [0.3, 0.4) is 0 Å². The van der Waals surface area contributed by atoms with Crippen molar-refractivity contribution in [3.63, 3.8) is 0 Å². The molecule has 3 unspecified atom stereocenters. The van der Waals surface area contributed by atoms with Crippen LogP contribution in [0, 0.1) is 11.8 Å². The van der Waals surface area contributed by atoms with E-state index < -0.39 is 0 Å². The van der Waals surface area contributed by atoms with Gasteiger partial charge in [0, 0.05) is 17.5 Å². The van der Waals surface area contributed by atoms with Crippen molar-refractivity contribution in [2.24, 2.45) is 11.8 Å². The Balaban J connectivity index is 1.77. The minimum absolute atomic E-state index is 0.178. The van der Waals surface area contributed by atoms with Gasteiger partial charge in [-0.3, -0.25) is 4.79 Å². The second kappa shape index (κ2) is 4.85. The van der Waals surface area contributed by atoms with Gasteiger partial charge >= 0.3 is 0 Å².